The molecule has 6 heteroatoms. The maximum absolute atomic E-state index is 12.0. The summed E-state index contributed by atoms with van der Waals surface area (Å²) in [6, 6.07) is 3.54. The molecule has 0 unspecified atom stereocenters. The normalized spacial score (nSPS) is 17.9. The quantitative estimate of drug-likeness (QED) is 0.849. The number of carbonyl (C=O) groups is 1. The first-order valence-corrected chi connectivity index (χ1v) is 9.20. The zero-order valence-electron chi connectivity index (χ0n) is 13.9. The van der Waals surface area contributed by atoms with Crippen LogP contribution in [0, 0.1) is 5.92 Å². The van der Waals surface area contributed by atoms with Crippen molar-refractivity contribution in [2.45, 2.75) is 38.5 Å². The fourth-order valence-corrected chi connectivity index (χ4v) is 3.43. The molecule has 1 amide bonds. The largest absolute Gasteiger partial charge is 0.490 e. The monoisotopic (exact) mass is 352 g/mol. The fraction of sp³-hybridized carbons (Fsp3) is 0.611. The van der Waals surface area contributed by atoms with Gasteiger partial charge in [0.25, 0.3) is 0 Å². The van der Waals surface area contributed by atoms with Gasteiger partial charge in [-0.2, -0.15) is 0 Å². The van der Waals surface area contributed by atoms with E-state index in [-0.39, 0.29) is 12.5 Å². The lowest BCUT2D eigenvalue weighted by molar-refractivity contribution is -0.119. The molecule has 1 fully saturated rings. The summed E-state index contributed by atoms with van der Waals surface area (Å²) in [5.41, 5.74) is 0.689. The molecule has 0 bridgehead atoms. The molecule has 3 rings (SSSR count). The number of ether oxygens (including phenoxy) is 2. The van der Waals surface area contributed by atoms with Crippen LogP contribution < -0.4 is 20.1 Å². The summed E-state index contributed by atoms with van der Waals surface area (Å²) in [6.07, 6.45) is 7.19. The Morgan fingerprint density at radius 2 is 1.79 bits per heavy atom. The van der Waals surface area contributed by atoms with Crippen LogP contribution in [0.25, 0.3) is 0 Å². The van der Waals surface area contributed by atoms with Crippen molar-refractivity contribution in [3.8, 4) is 11.5 Å². The van der Waals surface area contributed by atoms with E-state index in [1.807, 2.05) is 0 Å². The zero-order chi connectivity index (χ0) is 16.8. The lowest BCUT2D eigenvalue weighted by atomic mass is 9.89. The molecule has 0 atom stereocenters. The summed E-state index contributed by atoms with van der Waals surface area (Å²) in [4.78, 5) is 12.0. The van der Waals surface area contributed by atoms with Crippen molar-refractivity contribution in [3.05, 3.63) is 17.2 Å². The van der Waals surface area contributed by atoms with Crippen molar-refractivity contribution in [1.29, 1.82) is 0 Å². The lowest BCUT2D eigenvalue weighted by Crippen LogP contribution is -2.34. The molecule has 1 saturated carbocycles. The maximum Gasteiger partial charge on any atom is 0.239 e. The van der Waals surface area contributed by atoms with E-state index in [9.17, 15) is 4.79 Å². The average molecular weight is 353 g/mol. The van der Waals surface area contributed by atoms with Gasteiger partial charge in [-0.15, -0.1) is 0 Å². The summed E-state index contributed by atoms with van der Waals surface area (Å²) in [5.74, 6) is 1.94. The van der Waals surface area contributed by atoms with Crippen molar-refractivity contribution in [3.63, 3.8) is 0 Å². The average Bonchev–Trinajstić information content (AvgIpc) is 2.83. The van der Waals surface area contributed by atoms with E-state index in [1.54, 1.807) is 12.1 Å². The highest BCUT2D eigenvalue weighted by Crippen LogP contribution is 2.37. The van der Waals surface area contributed by atoms with Gasteiger partial charge < -0.3 is 20.1 Å². The second-order valence-corrected chi connectivity index (χ2v) is 6.90. The number of nitrogens with one attached hydrogen (secondary N) is 2. The Morgan fingerprint density at radius 1 is 1.08 bits per heavy atom. The van der Waals surface area contributed by atoms with E-state index in [2.05, 4.69) is 10.6 Å². The third-order valence-electron chi connectivity index (χ3n) is 4.59. The van der Waals surface area contributed by atoms with Crippen LogP contribution in [0.5, 0.6) is 11.5 Å². The number of fused-ring (bicyclic) bond motifs is 1. The van der Waals surface area contributed by atoms with Crippen molar-refractivity contribution >= 4 is 23.2 Å². The van der Waals surface area contributed by atoms with Crippen molar-refractivity contribution in [1.82, 2.24) is 5.32 Å². The Bertz CT molecular complexity index is 574. The zero-order valence-corrected chi connectivity index (χ0v) is 14.7. The fourth-order valence-electron chi connectivity index (χ4n) is 3.21. The van der Waals surface area contributed by atoms with Crippen molar-refractivity contribution in [2.24, 2.45) is 5.92 Å². The highest BCUT2D eigenvalue weighted by atomic mass is 35.5. The van der Waals surface area contributed by atoms with Gasteiger partial charge in [-0.25, -0.2) is 0 Å². The van der Waals surface area contributed by atoms with Crippen molar-refractivity contribution in [2.75, 3.05) is 31.6 Å². The Kier molecular flexibility index (Phi) is 6.07. The predicted molar refractivity (Wildman–Crippen MR) is 95.1 cm³/mol. The van der Waals surface area contributed by atoms with Gasteiger partial charge in [-0.3, -0.25) is 4.79 Å². The Hall–Kier alpha value is -1.62. The third kappa shape index (κ3) is 4.69. The molecule has 1 aliphatic carbocycles. The standard InChI is InChI=1S/C18H25ClN2O3/c19-14-9-16-17(24-8-4-7-23-16)10-15(14)20-12-18(22)21-11-13-5-2-1-3-6-13/h9-10,13,20H,1-8,11-12H2,(H,21,22). The molecule has 0 spiro atoms. The Morgan fingerprint density at radius 3 is 2.54 bits per heavy atom. The number of benzene rings is 1. The molecular weight excluding hydrogens is 328 g/mol. The predicted octanol–water partition coefficient (Wildman–Crippen LogP) is 3.61. The molecule has 0 radical (unpaired) electrons. The second-order valence-electron chi connectivity index (χ2n) is 6.49. The molecule has 1 aromatic carbocycles. The molecule has 24 heavy (non-hydrogen) atoms. The van der Waals surface area contributed by atoms with Gasteiger partial charge in [0.05, 0.1) is 30.5 Å². The number of rotatable bonds is 5. The first kappa shape index (κ1) is 17.2. The van der Waals surface area contributed by atoms with E-state index >= 15 is 0 Å². The molecule has 0 aromatic heterocycles. The van der Waals surface area contributed by atoms with Crippen LogP contribution >= 0.6 is 11.6 Å². The molecule has 2 aliphatic rings. The van der Waals surface area contributed by atoms with Crippen LogP contribution in [0.15, 0.2) is 12.1 Å². The summed E-state index contributed by atoms with van der Waals surface area (Å²) in [6.45, 7) is 2.22. The SMILES string of the molecule is O=C(CNc1cc2c(cc1Cl)OCCCO2)NCC1CCCCC1. The third-order valence-corrected chi connectivity index (χ3v) is 4.90. The smallest absolute Gasteiger partial charge is 0.239 e. The Labute approximate surface area is 148 Å². The van der Waals surface area contributed by atoms with E-state index in [4.69, 9.17) is 21.1 Å². The molecular formula is C18H25ClN2O3. The first-order valence-electron chi connectivity index (χ1n) is 8.82. The molecule has 1 aliphatic heterocycles. The van der Waals surface area contributed by atoms with Crippen molar-refractivity contribution < 1.29 is 14.3 Å². The number of halogens is 1. The van der Waals surface area contributed by atoms with E-state index in [1.165, 1.54) is 32.1 Å². The molecule has 132 valence electrons. The van der Waals surface area contributed by atoms with E-state index in [0.717, 1.165) is 13.0 Å². The number of carbonyl (C=O) groups excluding carboxylic acids is 1. The summed E-state index contributed by atoms with van der Waals surface area (Å²) in [5, 5.41) is 6.63. The van der Waals surface area contributed by atoms with E-state index < -0.39 is 0 Å². The van der Waals surface area contributed by atoms with Gasteiger partial charge >= 0.3 is 0 Å². The van der Waals surface area contributed by atoms with Gasteiger partial charge in [-0.1, -0.05) is 30.9 Å². The van der Waals surface area contributed by atoms with Crippen LogP contribution in [-0.4, -0.2) is 32.2 Å². The minimum absolute atomic E-state index is 0.0104. The van der Waals surface area contributed by atoms with Gasteiger partial charge in [-0.05, 0) is 18.8 Å². The van der Waals surface area contributed by atoms with Crippen LogP contribution in [0.3, 0.4) is 0 Å². The molecule has 1 aromatic rings. The number of hydrogen-bond acceptors (Lipinski definition) is 4. The van der Waals surface area contributed by atoms with Crippen LogP contribution in [0.1, 0.15) is 38.5 Å². The molecule has 0 saturated heterocycles. The van der Waals surface area contributed by atoms with Crippen LogP contribution in [-0.2, 0) is 4.79 Å². The van der Waals surface area contributed by atoms with Gasteiger partial charge in [0.2, 0.25) is 5.91 Å². The summed E-state index contributed by atoms with van der Waals surface area (Å²) >= 11 is 6.27. The van der Waals surface area contributed by atoms with Gasteiger partial charge in [0.1, 0.15) is 0 Å². The van der Waals surface area contributed by atoms with Gasteiger partial charge in [0.15, 0.2) is 11.5 Å². The maximum atomic E-state index is 12.0. The topological polar surface area (TPSA) is 59.6 Å². The minimum Gasteiger partial charge on any atom is -0.490 e. The Balaban J connectivity index is 1.50. The highest BCUT2D eigenvalue weighted by molar-refractivity contribution is 6.33. The molecule has 2 N–H and O–H groups in total. The van der Waals surface area contributed by atoms with Crippen LogP contribution in [0.4, 0.5) is 5.69 Å². The van der Waals surface area contributed by atoms with Gasteiger partial charge in [0, 0.05) is 25.1 Å². The number of anilines is 1. The first-order chi connectivity index (χ1) is 11.7. The molecule has 5 nitrogen and oxygen atoms in total. The summed E-state index contributed by atoms with van der Waals surface area (Å²) < 4.78 is 11.3. The number of amides is 1. The molecule has 1 heterocycles. The minimum atomic E-state index is -0.0104. The van der Waals surface area contributed by atoms with Crippen LogP contribution in [0.2, 0.25) is 5.02 Å². The highest BCUT2D eigenvalue weighted by Gasteiger charge is 2.16. The van der Waals surface area contributed by atoms with E-state index in [0.29, 0.717) is 41.3 Å². The second kappa shape index (κ2) is 8.47. The summed E-state index contributed by atoms with van der Waals surface area (Å²) in [7, 11) is 0. The number of hydrogen-bond donors (Lipinski definition) is 2. The lowest BCUT2D eigenvalue weighted by Gasteiger charge is -2.21.